The second-order valence-corrected chi connectivity index (χ2v) is 14.2. The molecule has 6 heteroatoms. The highest BCUT2D eigenvalue weighted by atomic mass is 16.5. The maximum Gasteiger partial charge on any atom is 0.137 e. The molecule has 3 unspecified atom stereocenters. The van der Waals surface area contributed by atoms with Crippen molar-refractivity contribution in [3.63, 3.8) is 0 Å². The molecule has 0 amide bonds. The summed E-state index contributed by atoms with van der Waals surface area (Å²) in [6.45, 7) is 3.09. The predicted octanol–water partition coefficient (Wildman–Crippen LogP) is 10.2. The van der Waals surface area contributed by atoms with E-state index in [2.05, 4.69) is 124 Å². The van der Waals surface area contributed by atoms with Gasteiger partial charge < -0.3 is 19.7 Å². The number of rotatable bonds is 5. The minimum absolute atomic E-state index is 0.00145. The molecule has 5 aliphatic rings. The molecule has 2 fully saturated rings. The smallest absolute Gasteiger partial charge is 0.137 e. The largest absolute Gasteiger partial charge is 0.456 e. The maximum atomic E-state index is 6.95. The third-order valence-corrected chi connectivity index (χ3v) is 11.2. The Kier molecular flexibility index (Phi) is 6.02. The number of anilines is 2. The van der Waals surface area contributed by atoms with Gasteiger partial charge in [0.25, 0.3) is 0 Å². The van der Waals surface area contributed by atoms with Crippen LogP contribution in [0.4, 0.5) is 11.4 Å². The quantitative estimate of drug-likeness (QED) is 0.146. The van der Waals surface area contributed by atoms with Gasteiger partial charge in [0.05, 0.1) is 11.2 Å². The van der Waals surface area contributed by atoms with E-state index >= 15 is 0 Å². The van der Waals surface area contributed by atoms with E-state index in [0.717, 1.165) is 99.5 Å². The third kappa shape index (κ3) is 4.50. The lowest BCUT2D eigenvalue weighted by molar-refractivity contribution is 0.472. The van der Waals surface area contributed by atoms with Crippen LogP contribution in [0.1, 0.15) is 17.7 Å². The van der Waals surface area contributed by atoms with Gasteiger partial charge >= 0.3 is 0 Å². The van der Waals surface area contributed by atoms with Gasteiger partial charge in [0.2, 0.25) is 0 Å². The van der Waals surface area contributed by atoms with E-state index < -0.39 is 0 Å². The predicted molar refractivity (Wildman–Crippen MR) is 201 cm³/mol. The molecule has 1 aromatic heterocycles. The molecule has 51 heavy (non-hydrogen) atoms. The molecule has 0 saturated carbocycles. The Morgan fingerprint density at radius 3 is 2.06 bits per heavy atom. The first-order valence-electron chi connectivity index (χ1n) is 17.7. The Bertz CT molecular complexity index is 2470. The van der Waals surface area contributed by atoms with Gasteiger partial charge in [0, 0.05) is 71.1 Å². The summed E-state index contributed by atoms with van der Waals surface area (Å²) in [6, 6.07) is 42.3. The standard InChI is InChI=1S/C45H34N4O2/c1-5-13-39-33(9-1)34-10-2-6-14-40(34)51-42-27-32(47-38-12-4-3-11-37(38)44-20-7-23-48(44)28-44)16-18-36(42)35-17-15-30(25-41(35)50-39)31-19-22-46-43(26-31)45-21-8-24-49(45)29-45/h1-20,22,24-27,47H,21,23,28-29H2. The zero-order valence-corrected chi connectivity index (χ0v) is 27.9. The van der Waals surface area contributed by atoms with Crippen molar-refractivity contribution >= 4 is 11.4 Å². The monoisotopic (exact) mass is 662 g/mol. The molecular weight excluding hydrogens is 629 g/mol. The van der Waals surface area contributed by atoms with Gasteiger partial charge in [-0.2, -0.15) is 0 Å². The topological polar surface area (TPSA) is 49.4 Å². The van der Waals surface area contributed by atoms with Crippen molar-refractivity contribution in [2.24, 2.45) is 0 Å². The minimum atomic E-state index is 0.00145. The van der Waals surface area contributed by atoms with Gasteiger partial charge in [-0.15, -0.1) is 0 Å². The summed E-state index contributed by atoms with van der Waals surface area (Å²) in [5.41, 5.74) is 10.6. The van der Waals surface area contributed by atoms with Crippen molar-refractivity contribution in [1.82, 2.24) is 14.8 Å². The van der Waals surface area contributed by atoms with Crippen LogP contribution in [-0.2, 0) is 11.1 Å². The number of hydrogen-bond acceptors (Lipinski definition) is 6. The van der Waals surface area contributed by atoms with Crippen LogP contribution >= 0.6 is 0 Å². The van der Waals surface area contributed by atoms with Crippen molar-refractivity contribution in [1.29, 1.82) is 0 Å². The molecule has 2 saturated heterocycles. The lowest BCUT2D eigenvalue weighted by Crippen LogP contribution is -2.11. The summed E-state index contributed by atoms with van der Waals surface area (Å²) in [4.78, 5) is 9.67. The van der Waals surface area contributed by atoms with Gasteiger partial charge in [-0.25, -0.2) is 0 Å². The summed E-state index contributed by atoms with van der Waals surface area (Å²) in [7, 11) is 0. The molecule has 246 valence electrons. The lowest BCUT2D eigenvalue weighted by atomic mass is 9.95. The Morgan fingerprint density at radius 1 is 0.627 bits per heavy atom. The van der Waals surface area contributed by atoms with Crippen molar-refractivity contribution in [3.05, 3.63) is 163 Å². The highest BCUT2D eigenvalue weighted by Crippen LogP contribution is 2.52. The van der Waals surface area contributed by atoms with Crippen LogP contribution in [0.15, 0.2) is 152 Å². The van der Waals surface area contributed by atoms with Crippen molar-refractivity contribution in [3.8, 4) is 56.4 Å². The second-order valence-electron chi connectivity index (χ2n) is 14.2. The van der Waals surface area contributed by atoms with Gasteiger partial charge in [-0.1, -0.05) is 78.9 Å². The highest BCUT2D eigenvalue weighted by Gasteiger charge is 2.55. The van der Waals surface area contributed by atoms with Crippen molar-refractivity contribution in [2.75, 3.05) is 25.0 Å². The normalized spacial score (nSPS) is 22.7. The summed E-state index contributed by atoms with van der Waals surface area (Å²) in [6.07, 6.45) is 12.0. The summed E-state index contributed by atoms with van der Waals surface area (Å²) in [5, 5.41) is 3.76. The van der Waals surface area contributed by atoms with Gasteiger partial charge in [-0.05, 0) is 78.3 Å². The molecule has 5 aromatic carbocycles. The molecule has 3 atom stereocenters. The number of pyridine rings is 1. The van der Waals surface area contributed by atoms with Crippen LogP contribution in [0, 0.1) is 0 Å². The number of fused-ring (bicyclic) bond motifs is 8. The number of nitrogens with zero attached hydrogens (tertiary/aromatic N) is 3. The highest BCUT2D eigenvalue weighted by molar-refractivity contribution is 5.85. The Morgan fingerprint density at radius 2 is 1.33 bits per heavy atom. The van der Waals surface area contributed by atoms with Crippen LogP contribution in [0.3, 0.4) is 0 Å². The molecule has 5 aliphatic heterocycles. The number of para-hydroxylation sites is 3. The fourth-order valence-electron chi connectivity index (χ4n) is 8.39. The number of ether oxygens (including phenoxy) is 2. The number of nitrogens with one attached hydrogen (secondary N) is 1. The SMILES string of the molecule is C1=CC2(c3ccccc3Nc3ccc4c(c3)Oc3ccccc3-c3ccccc3Oc3cc(-c5ccnc(C67CC=CN6C7)c5)ccc3-4)CN2C1. The fraction of sp³-hybridized carbons (Fsp3) is 0.133. The van der Waals surface area contributed by atoms with E-state index in [-0.39, 0.29) is 11.1 Å². The van der Waals surface area contributed by atoms with E-state index in [9.17, 15) is 0 Å². The minimum Gasteiger partial charge on any atom is -0.456 e. The molecule has 6 aromatic rings. The summed E-state index contributed by atoms with van der Waals surface area (Å²) in [5.74, 6) is 3.07. The molecular formula is C45H34N4O2. The molecule has 0 radical (unpaired) electrons. The molecule has 6 nitrogen and oxygen atoms in total. The van der Waals surface area contributed by atoms with Gasteiger partial charge in [0.1, 0.15) is 28.5 Å². The molecule has 0 aliphatic carbocycles. The Balaban J connectivity index is 1.04. The zero-order valence-electron chi connectivity index (χ0n) is 27.9. The van der Waals surface area contributed by atoms with E-state index in [0.29, 0.717) is 0 Å². The molecule has 1 N–H and O–H groups in total. The average molecular weight is 663 g/mol. The lowest BCUT2D eigenvalue weighted by Gasteiger charge is -2.23. The van der Waals surface area contributed by atoms with Gasteiger partial charge in [0.15, 0.2) is 0 Å². The molecule has 0 spiro atoms. The van der Waals surface area contributed by atoms with Crippen LogP contribution in [0.2, 0.25) is 0 Å². The molecule has 11 rings (SSSR count). The number of benzene rings is 5. The van der Waals surface area contributed by atoms with Crippen LogP contribution < -0.4 is 14.8 Å². The summed E-state index contributed by atoms with van der Waals surface area (Å²) < 4.78 is 13.9. The first kappa shape index (κ1) is 28.7. The zero-order chi connectivity index (χ0) is 33.6. The van der Waals surface area contributed by atoms with E-state index in [1.807, 2.05) is 42.6 Å². The summed E-state index contributed by atoms with van der Waals surface area (Å²) >= 11 is 0. The first-order valence-corrected chi connectivity index (χ1v) is 17.7. The average Bonchev–Trinajstić information content (AvgIpc) is 3.96. The maximum absolute atomic E-state index is 6.95. The van der Waals surface area contributed by atoms with Crippen molar-refractivity contribution < 1.29 is 9.47 Å². The van der Waals surface area contributed by atoms with Gasteiger partial charge in [-0.3, -0.25) is 9.88 Å². The second kappa shape index (κ2) is 10.7. The van der Waals surface area contributed by atoms with E-state index in [4.69, 9.17) is 14.5 Å². The van der Waals surface area contributed by atoms with Crippen molar-refractivity contribution in [2.45, 2.75) is 17.5 Å². The Labute approximate surface area is 296 Å². The van der Waals surface area contributed by atoms with E-state index in [1.54, 1.807) is 0 Å². The fourth-order valence-corrected chi connectivity index (χ4v) is 8.39. The Hall–Kier alpha value is -6.11. The number of aromatic nitrogens is 1. The molecule has 0 bridgehead atoms. The van der Waals surface area contributed by atoms with E-state index in [1.165, 1.54) is 5.56 Å². The number of hydrogen-bond donors (Lipinski definition) is 1. The van der Waals surface area contributed by atoms with Crippen LogP contribution in [0.5, 0.6) is 23.0 Å². The van der Waals surface area contributed by atoms with Crippen LogP contribution in [0.25, 0.3) is 33.4 Å². The molecule has 6 heterocycles. The van der Waals surface area contributed by atoms with Crippen LogP contribution in [-0.4, -0.2) is 34.4 Å². The third-order valence-electron chi connectivity index (χ3n) is 11.2. The first-order chi connectivity index (χ1) is 25.2.